The van der Waals surface area contributed by atoms with E-state index in [1.807, 2.05) is 13.0 Å². The molecule has 0 aromatic carbocycles. The minimum Gasteiger partial charge on any atom is -0.481 e. The average Bonchev–Trinajstić information content (AvgIpc) is 3.01. The zero-order chi connectivity index (χ0) is 14.3. The summed E-state index contributed by atoms with van der Waals surface area (Å²) in [6.07, 6.45) is 4.58. The third kappa shape index (κ3) is 2.35. The number of carbonyl (C=O) groups excluding carboxylic acids is 1. The summed E-state index contributed by atoms with van der Waals surface area (Å²) in [4.78, 5) is 27.5. The maximum atomic E-state index is 12.5. The van der Waals surface area contributed by atoms with E-state index in [1.165, 1.54) is 23.3 Å². The van der Waals surface area contributed by atoms with Crippen molar-refractivity contribution in [1.29, 1.82) is 0 Å². The molecule has 1 aromatic heterocycles. The number of carbonyl (C=O) groups is 2. The van der Waals surface area contributed by atoms with Crippen LogP contribution in [-0.4, -0.2) is 35.0 Å². The molecule has 4 nitrogen and oxygen atoms in total. The van der Waals surface area contributed by atoms with E-state index in [0.717, 1.165) is 17.7 Å². The van der Waals surface area contributed by atoms with E-state index in [2.05, 4.69) is 0 Å². The summed E-state index contributed by atoms with van der Waals surface area (Å²) < 4.78 is 0. The Bertz CT molecular complexity index is 528. The number of likely N-dealkylation sites (tertiary alicyclic amines) is 1. The van der Waals surface area contributed by atoms with Crippen LogP contribution in [0.2, 0.25) is 0 Å². The van der Waals surface area contributed by atoms with Crippen molar-refractivity contribution in [3.63, 3.8) is 0 Å². The predicted molar refractivity (Wildman–Crippen MR) is 77.2 cm³/mol. The van der Waals surface area contributed by atoms with Crippen molar-refractivity contribution >= 4 is 23.2 Å². The minimum atomic E-state index is -0.793. The zero-order valence-corrected chi connectivity index (χ0v) is 12.4. The SMILES string of the molecule is C[C@@H]1CN(C(=O)c2cc3c(s2)CCCC3)C[C@H]1C(=O)O. The number of thiophene rings is 1. The normalized spacial score (nSPS) is 25.6. The fourth-order valence-corrected chi connectivity index (χ4v) is 4.43. The molecular formula is C15H19NO3S. The van der Waals surface area contributed by atoms with E-state index in [-0.39, 0.29) is 11.8 Å². The molecule has 2 atom stereocenters. The molecule has 1 saturated heterocycles. The van der Waals surface area contributed by atoms with Crippen LogP contribution in [0.4, 0.5) is 0 Å². The lowest BCUT2D eigenvalue weighted by Gasteiger charge is -2.14. The first-order valence-corrected chi connectivity index (χ1v) is 8.01. The number of fused-ring (bicyclic) bond motifs is 1. The molecule has 1 aromatic rings. The molecule has 0 bridgehead atoms. The van der Waals surface area contributed by atoms with E-state index < -0.39 is 11.9 Å². The Labute approximate surface area is 122 Å². The Hall–Kier alpha value is -1.36. The summed E-state index contributed by atoms with van der Waals surface area (Å²) in [6, 6.07) is 2.03. The van der Waals surface area contributed by atoms with Gasteiger partial charge < -0.3 is 10.0 Å². The Morgan fingerprint density at radius 3 is 2.70 bits per heavy atom. The lowest BCUT2D eigenvalue weighted by molar-refractivity contribution is -0.142. The number of nitrogens with zero attached hydrogens (tertiary/aromatic N) is 1. The van der Waals surface area contributed by atoms with Gasteiger partial charge in [-0.05, 0) is 43.2 Å². The van der Waals surface area contributed by atoms with Gasteiger partial charge in [-0.1, -0.05) is 6.92 Å². The fourth-order valence-electron chi connectivity index (χ4n) is 3.21. The number of aliphatic carboxylic acids is 1. The van der Waals surface area contributed by atoms with Crippen LogP contribution in [-0.2, 0) is 17.6 Å². The quantitative estimate of drug-likeness (QED) is 0.911. The van der Waals surface area contributed by atoms with Gasteiger partial charge in [0.15, 0.2) is 0 Å². The first-order valence-electron chi connectivity index (χ1n) is 7.20. The van der Waals surface area contributed by atoms with Gasteiger partial charge in [0, 0.05) is 18.0 Å². The highest BCUT2D eigenvalue weighted by Gasteiger charge is 2.37. The molecule has 0 spiro atoms. The lowest BCUT2D eigenvalue weighted by atomic mass is 9.99. The number of hydrogen-bond acceptors (Lipinski definition) is 3. The Morgan fingerprint density at radius 1 is 1.30 bits per heavy atom. The molecule has 0 radical (unpaired) electrons. The molecule has 0 saturated carbocycles. The number of hydrogen-bond donors (Lipinski definition) is 1. The van der Waals surface area contributed by atoms with Crippen LogP contribution in [0.25, 0.3) is 0 Å². The molecule has 1 amide bonds. The highest BCUT2D eigenvalue weighted by atomic mass is 32.1. The number of rotatable bonds is 2. The Kier molecular flexibility index (Phi) is 3.54. The smallest absolute Gasteiger partial charge is 0.308 e. The number of carboxylic acids is 1. The molecule has 1 fully saturated rings. The largest absolute Gasteiger partial charge is 0.481 e. The van der Waals surface area contributed by atoms with Gasteiger partial charge in [0.1, 0.15) is 0 Å². The monoisotopic (exact) mass is 293 g/mol. The first-order chi connectivity index (χ1) is 9.56. The average molecular weight is 293 g/mol. The first kappa shape index (κ1) is 13.6. The summed E-state index contributed by atoms with van der Waals surface area (Å²) in [7, 11) is 0. The summed E-state index contributed by atoms with van der Waals surface area (Å²) >= 11 is 1.60. The maximum absolute atomic E-state index is 12.5. The van der Waals surface area contributed by atoms with E-state index in [9.17, 15) is 9.59 Å². The van der Waals surface area contributed by atoms with Crippen molar-refractivity contribution in [3.05, 3.63) is 21.4 Å². The van der Waals surface area contributed by atoms with Gasteiger partial charge in [-0.15, -0.1) is 11.3 Å². The highest BCUT2D eigenvalue weighted by Crippen LogP contribution is 2.32. The fraction of sp³-hybridized carbons (Fsp3) is 0.600. The minimum absolute atomic E-state index is 0.0139. The van der Waals surface area contributed by atoms with E-state index >= 15 is 0 Å². The van der Waals surface area contributed by atoms with E-state index in [0.29, 0.717) is 13.1 Å². The predicted octanol–water partition coefficient (Wildman–Crippen LogP) is 2.42. The Balaban J connectivity index is 1.76. The van der Waals surface area contributed by atoms with Crippen molar-refractivity contribution in [1.82, 2.24) is 4.90 Å². The maximum Gasteiger partial charge on any atom is 0.308 e. The standard InChI is InChI=1S/C15H19NO3S/c1-9-7-16(8-11(9)15(18)19)14(17)13-6-10-4-2-3-5-12(10)20-13/h6,9,11H,2-5,7-8H2,1H3,(H,18,19)/t9-,11-/m1/s1. The molecule has 2 heterocycles. The number of amides is 1. The molecule has 3 rings (SSSR count). The van der Waals surface area contributed by atoms with E-state index in [4.69, 9.17) is 5.11 Å². The third-order valence-corrected chi connectivity index (χ3v) is 5.65. The summed E-state index contributed by atoms with van der Waals surface area (Å²) in [5, 5.41) is 9.15. The Morgan fingerprint density at radius 2 is 2.05 bits per heavy atom. The third-order valence-electron chi connectivity index (χ3n) is 4.42. The molecule has 0 unspecified atom stereocenters. The van der Waals surface area contributed by atoms with E-state index in [1.54, 1.807) is 16.2 Å². The molecule has 5 heteroatoms. The van der Waals surface area contributed by atoms with Crippen LogP contribution in [0.5, 0.6) is 0 Å². The van der Waals surface area contributed by atoms with Crippen molar-refractivity contribution in [2.24, 2.45) is 11.8 Å². The van der Waals surface area contributed by atoms with Crippen LogP contribution < -0.4 is 0 Å². The van der Waals surface area contributed by atoms with Gasteiger partial charge in [-0.3, -0.25) is 9.59 Å². The molecule has 1 N–H and O–H groups in total. The van der Waals surface area contributed by atoms with Gasteiger partial charge in [0.2, 0.25) is 0 Å². The van der Waals surface area contributed by atoms with Gasteiger partial charge in [-0.25, -0.2) is 0 Å². The highest BCUT2D eigenvalue weighted by molar-refractivity contribution is 7.14. The van der Waals surface area contributed by atoms with Crippen LogP contribution in [0.1, 0.15) is 39.9 Å². The van der Waals surface area contributed by atoms with Crippen LogP contribution >= 0.6 is 11.3 Å². The van der Waals surface area contributed by atoms with Crippen LogP contribution in [0.3, 0.4) is 0 Å². The van der Waals surface area contributed by atoms with Crippen molar-refractivity contribution in [2.45, 2.75) is 32.6 Å². The lowest BCUT2D eigenvalue weighted by Crippen LogP contribution is -2.29. The van der Waals surface area contributed by atoms with Crippen molar-refractivity contribution < 1.29 is 14.7 Å². The summed E-state index contributed by atoms with van der Waals surface area (Å²) in [5.41, 5.74) is 1.33. The van der Waals surface area contributed by atoms with Crippen molar-refractivity contribution in [2.75, 3.05) is 13.1 Å². The summed E-state index contributed by atoms with van der Waals surface area (Å²) in [6.45, 7) is 2.81. The van der Waals surface area contributed by atoms with Gasteiger partial charge in [0.25, 0.3) is 5.91 Å². The second kappa shape index (κ2) is 5.20. The molecule has 20 heavy (non-hydrogen) atoms. The van der Waals surface area contributed by atoms with Gasteiger partial charge in [-0.2, -0.15) is 0 Å². The topological polar surface area (TPSA) is 57.6 Å². The number of aryl methyl sites for hydroxylation is 2. The molecule has 1 aliphatic heterocycles. The molecular weight excluding hydrogens is 274 g/mol. The van der Waals surface area contributed by atoms with Crippen LogP contribution in [0, 0.1) is 11.8 Å². The van der Waals surface area contributed by atoms with Gasteiger partial charge in [0.05, 0.1) is 10.8 Å². The molecule has 1 aliphatic carbocycles. The zero-order valence-electron chi connectivity index (χ0n) is 11.6. The number of carboxylic acid groups (broad SMARTS) is 1. The molecule has 108 valence electrons. The second-order valence-electron chi connectivity index (χ2n) is 5.90. The summed E-state index contributed by atoms with van der Waals surface area (Å²) in [5.74, 6) is -1.17. The second-order valence-corrected chi connectivity index (χ2v) is 7.04. The molecule has 2 aliphatic rings. The van der Waals surface area contributed by atoms with Crippen molar-refractivity contribution in [3.8, 4) is 0 Å². The van der Waals surface area contributed by atoms with Gasteiger partial charge >= 0.3 is 5.97 Å². The van der Waals surface area contributed by atoms with Crippen LogP contribution in [0.15, 0.2) is 6.07 Å².